The summed E-state index contributed by atoms with van der Waals surface area (Å²) < 4.78 is 27.3. The first-order chi connectivity index (χ1) is 19.6. The predicted octanol–water partition coefficient (Wildman–Crippen LogP) is 2.95. The van der Waals surface area contributed by atoms with Gasteiger partial charge in [0, 0.05) is 12.6 Å². The van der Waals surface area contributed by atoms with E-state index in [9.17, 15) is 19.2 Å². The molecule has 1 heterocycles. The molecule has 0 saturated carbocycles. The number of esters is 2. The molecule has 0 aromatic heterocycles. The molecule has 0 bridgehead atoms. The van der Waals surface area contributed by atoms with Crippen LogP contribution in [0.2, 0.25) is 0 Å². The van der Waals surface area contributed by atoms with Gasteiger partial charge in [-0.25, -0.2) is 15.0 Å². The van der Waals surface area contributed by atoms with Gasteiger partial charge < -0.3 is 34.3 Å². The maximum atomic E-state index is 12.6. The van der Waals surface area contributed by atoms with E-state index < -0.39 is 29.9 Å². The summed E-state index contributed by atoms with van der Waals surface area (Å²) in [6, 6.07) is 6.87. The van der Waals surface area contributed by atoms with Gasteiger partial charge in [-0.3, -0.25) is 9.59 Å². The number of methoxy groups -OCH3 is 2. The van der Waals surface area contributed by atoms with E-state index in [-0.39, 0.29) is 30.3 Å². The number of benzene rings is 2. The van der Waals surface area contributed by atoms with E-state index in [1.165, 1.54) is 27.4 Å². The minimum atomic E-state index is -0.784. The summed E-state index contributed by atoms with van der Waals surface area (Å²) in [7, 11) is 2.87. The Morgan fingerprint density at radius 1 is 1.10 bits per heavy atom. The second-order valence-corrected chi connectivity index (χ2v) is 9.57. The number of nitrogens with zero attached hydrogens (tertiary/aromatic N) is 1. The summed E-state index contributed by atoms with van der Waals surface area (Å²) in [5, 5.41) is 9.23. The van der Waals surface area contributed by atoms with Crippen LogP contribution in [0.25, 0.3) is 0 Å². The van der Waals surface area contributed by atoms with E-state index in [0.717, 1.165) is 0 Å². The van der Waals surface area contributed by atoms with Gasteiger partial charge in [0.15, 0.2) is 29.6 Å². The van der Waals surface area contributed by atoms with E-state index >= 15 is 0 Å². The van der Waals surface area contributed by atoms with E-state index in [1.54, 1.807) is 44.2 Å². The molecule has 3 amide bonds. The number of hydrogen-bond acceptors (Lipinski definition) is 10. The molecule has 3 rings (SSSR count). The molecule has 3 N–H and O–H groups in total. The second kappa shape index (κ2) is 14.3. The first kappa shape index (κ1) is 31.2. The van der Waals surface area contributed by atoms with Crippen LogP contribution in [0.4, 0.5) is 4.79 Å². The lowest BCUT2D eigenvalue weighted by molar-refractivity contribution is -0.139. The van der Waals surface area contributed by atoms with Crippen molar-refractivity contribution in [3.05, 3.63) is 56.3 Å². The number of rotatable bonds is 11. The molecule has 0 unspecified atom stereocenters. The Morgan fingerprint density at radius 2 is 1.83 bits per heavy atom. The monoisotopic (exact) mass is 680 g/mol. The van der Waals surface area contributed by atoms with Crippen LogP contribution in [-0.4, -0.2) is 57.5 Å². The molecule has 0 aliphatic carbocycles. The Balaban J connectivity index is 1.68. The highest BCUT2D eigenvalue weighted by Crippen LogP contribution is 2.35. The molecule has 1 aliphatic heterocycles. The van der Waals surface area contributed by atoms with Gasteiger partial charge in [0.05, 0.1) is 42.2 Å². The number of hydrazone groups is 1. The van der Waals surface area contributed by atoms with E-state index in [2.05, 4.69) is 21.2 Å². The highest BCUT2D eigenvalue weighted by atomic mass is 127. The van der Waals surface area contributed by atoms with Gasteiger partial charge in [0.25, 0.3) is 5.91 Å². The summed E-state index contributed by atoms with van der Waals surface area (Å²) >= 11 is 2.00. The van der Waals surface area contributed by atoms with E-state index in [0.29, 0.717) is 31.9 Å². The molecule has 2 aromatic carbocycles. The predicted molar refractivity (Wildman–Crippen MR) is 155 cm³/mol. The van der Waals surface area contributed by atoms with Gasteiger partial charge in [-0.1, -0.05) is 6.07 Å². The number of allylic oxidation sites excluding steroid dienone is 1. The summed E-state index contributed by atoms with van der Waals surface area (Å²) in [4.78, 5) is 48.4. The van der Waals surface area contributed by atoms with Gasteiger partial charge in [-0.15, -0.1) is 0 Å². The molecule has 41 heavy (non-hydrogen) atoms. The summed E-state index contributed by atoms with van der Waals surface area (Å²) in [6.07, 6.45) is 1.40. The van der Waals surface area contributed by atoms with Crippen LogP contribution in [0.5, 0.6) is 23.0 Å². The molecule has 0 spiro atoms. The molecule has 13 nitrogen and oxygen atoms in total. The maximum absolute atomic E-state index is 12.6. The van der Waals surface area contributed by atoms with Crippen molar-refractivity contribution in [3.63, 3.8) is 0 Å². The van der Waals surface area contributed by atoms with Crippen LogP contribution in [0.1, 0.15) is 37.9 Å². The molecule has 0 radical (unpaired) electrons. The van der Waals surface area contributed by atoms with Crippen molar-refractivity contribution in [3.8, 4) is 23.0 Å². The molecule has 1 atom stereocenters. The second-order valence-electron chi connectivity index (χ2n) is 8.41. The number of carbonyl (C=O) groups excluding carboxylic acids is 4. The van der Waals surface area contributed by atoms with Crippen molar-refractivity contribution in [1.29, 1.82) is 0 Å². The van der Waals surface area contributed by atoms with Crippen molar-refractivity contribution < 1.29 is 42.9 Å². The quantitative estimate of drug-likeness (QED) is 0.107. The highest BCUT2D eigenvalue weighted by molar-refractivity contribution is 14.1. The fourth-order valence-electron chi connectivity index (χ4n) is 3.82. The molecular formula is C27H29IN4O9. The van der Waals surface area contributed by atoms with Crippen molar-refractivity contribution in [2.45, 2.75) is 26.8 Å². The number of hydrogen-bond donors (Lipinski definition) is 3. The van der Waals surface area contributed by atoms with Crippen molar-refractivity contribution in [2.75, 3.05) is 27.4 Å². The van der Waals surface area contributed by atoms with Crippen LogP contribution in [0, 0.1) is 3.57 Å². The number of ether oxygens (including phenoxy) is 5. The highest BCUT2D eigenvalue weighted by Gasteiger charge is 2.32. The average Bonchev–Trinajstić information content (AvgIpc) is 2.92. The zero-order valence-electron chi connectivity index (χ0n) is 23.0. The minimum absolute atomic E-state index is 0.175. The first-order valence-corrected chi connectivity index (χ1v) is 13.3. The largest absolute Gasteiger partial charge is 0.493 e. The maximum Gasteiger partial charge on any atom is 0.338 e. The summed E-state index contributed by atoms with van der Waals surface area (Å²) in [5.74, 6) is -0.417. The van der Waals surface area contributed by atoms with Crippen LogP contribution >= 0.6 is 22.6 Å². The summed E-state index contributed by atoms with van der Waals surface area (Å²) in [5.41, 5.74) is 4.15. The number of halogens is 1. The van der Waals surface area contributed by atoms with E-state index in [4.69, 9.17) is 23.7 Å². The molecule has 0 fully saturated rings. The Labute approximate surface area is 249 Å². The number of carbonyl (C=O) groups is 4. The lowest BCUT2D eigenvalue weighted by atomic mass is 9.95. The number of urea groups is 1. The van der Waals surface area contributed by atoms with Crippen molar-refractivity contribution in [1.82, 2.24) is 16.1 Å². The Morgan fingerprint density at radius 3 is 2.49 bits per heavy atom. The zero-order chi connectivity index (χ0) is 30.1. The summed E-state index contributed by atoms with van der Waals surface area (Å²) in [6.45, 7) is 4.39. The van der Waals surface area contributed by atoms with Gasteiger partial charge >= 0.3 is 18.0 Å². The number of nitrogens with one attached hydrogen (secondary N) is 3. The van der Waals surface area contributed by atoms with E-state index in [1.807, 2.05) is 22.6 Å². The third-order valence-electron chi connectivity index (χ3n) is 5.54. The van der Waals surface area contributed by atoms with Gasteiger partial charge in [-0.2, -0.15) is 5.10 Å². The standard InChI is InChI=1S/C27H29IN4O9/c1-6-39-26(35)23-14(2)30-27(36)31-24(23)17-7-8-19(20(11-17)37-4)40-13-22(34)32-29-12-16-9-18(28)25(41-15(3)33)21(10-16)38-5/h7-12,24H,6,13H2,1-5H3,(H,32,34)(H2,30,31,36)/b29-12+/t24-/m0/s1. The van der Waals surface area contributed by atoms with Gasteiger partial charge in [0.2, 0.25) is 0 Å². The first-order valence-electron chi connectivity index (χ1n) is 12.2. The molecule has 0 saturated heterocycles. The van der Waals surface area contributed by atoms with Gasteiger partial charge in [0.1, 0.15) is 0 Å². The number of amides is 3. The van der Waals surface area contributed by atoms with Crippen LogP contribution < -0.4 is 35.0 Å². The molecule has 218 valence electrons. The Kier molecular flexibility index (Phi) is 10.9. The normalized spacial score (nSPS) is 14.6. The van der Waals surface area contributed by atoms with Crippen molar-refractivity contribution in [2.24, 2.45) is 5.10 Å². The Hall–Kier alpha value is -4.34. The fourth-order valence-corrected chi connectivity index (χ4v) is 4.55. The van der Waals surface area contributed by atoms with Crippen LogP contribution in [0.3, 0.4) is 0 Å². The van der Waals surface area contributed by atoms with Crippen LogP contribution in [-0.2, 0) is 19.1 Å². The smallest absolute Gasteiger partial charge is 0.338 e. The van der Waals surface area contributed by atoms with Crippen molar-refractivity contribution >= 4 is 52.7 Å². The van der Waals surface area contributed by atoms with Gasteiger partial charge in [-0.05, 0) is 71.8 Å². The lowest BCUT2D eigenvalue weighted by Gasteiger charge is -2.28. The third kappa shape index (κ3) is 8.09. The molecule has 14 heteroatoms. The molecular weight excluding hydrogens is 651 g/mol. The third-order valence-corrected chi connectivity index (χ3v) is 6.35. The lowest BCUT2D eigenvalue weighted by Crippen LogP contribution is -2.45. The molecule has 1 aliphatic rings. The fraction of sp³-hybridized carbons (Fsp3) is 0.296. The average molecular weight is 680 g/mol. The Bertz CT molecular complexity index is 1410. The zero-order valence-corrected chi connectivity index (χ0v) is 25.1. The topological polar surface area (TPSA) is 163 Å². The SMILES string of the molecule is CCOC(=O)C1=C(C)NC(=O)N[C@H]1c1ccc(OCC(=O)N/N=C/c2cc(I)c(OC(C)=O)c(OC)c2)c(OC)c1. The van der Waals surface area contributed by atoms with Crippen LogP contribution in [0.15, 0.2) is 46.7 Å². The minimum Gasteiger partial charge on any atom is -0.493 e. The molecule has 2 aromatic rings.